The van der Waals surface area contributed by atoms with E-state index in [1.165, 1.54) is 0 Å². The number of benzene rings is 2. The standard InChI is InChI=1S/C23H16F6N2O3/c24-22(25,26)16-7-15(8-17(9-16)23(27,28)29)19-12-31(21(33)34-19)20(32)6-5-14-11-30-10-13-3-1-2-4-18(13)14/h1-4,7-11,19H,5-6,12H2. The maximum Gasteiger partial charge on any atom is 0.417 e. The van der Waals surface area contributed by atoms with Gasteiger partial charge < -0.3 is 4.74 Å². The van der Waals surface area contributed by atoms with Crippen molar-refractivity contribution in [2.45, 2.75) is 31.3 Å². The Hall–Kier alpha value is -3.63. The first-order valence-electron chi connectivity index (χ1n) is 10.1. The summed E-state index contributed by atoms with van der Waals surface area (Å²) in [6.45, 7) is -0.496. The molecule has 1 unspecified atom stereocenters. The van der Waals surface area contributed by atoms with E-state index in [0.717, 1.165) is 16.3 Å². The summed E-state index contributed by atoms with van der Waals surface area (Å²) in [5.74, 6) is -0.663. The lowest BCUT2D eigenvalue weighted by Crippen LogP contribution is -2.32. The second-order valence-corrected chi connectivity index (χ2v) is 7.74. The van der Waals surface area contributed by atoms with E-state index in [1.807, 2.05) is 24.3 Å². The largest absolute Gasteiger partial charge is 0.439 e. The number of alkyl halides is 6. The van der Waals surface area contributed by atoms with Gasteiger partial charge in [0.25, 0.3) is 0 Å². The summed E-state index contributed by atoms with van der Waals surface area (Å²) < 4.78 is 83.8. The Balaban J connectivity index is 1.52. The summed E-state index contributed by atoms with van der Waals surface area (Å²) in [6.07, 6.45) is -9.33. The zero-order valence-electron chi connectivity index (χ0n) is 17.3. The number of carbonyl (C=O) groups is 2. The normalized spacial score (nSPS) is 16.7. The van der Waals surface area contributed by atoms with Crippen molar-refractivity contribution in [3.05, 3.63) is 77.1 Å². The molecule has 1 saturated heterocycles. The highest BCUT2D eigenvalue weighted by Crippen LogP contribution is 2.39. The minimum absolute atomic E-state index is 0.0125. The average Bonchev–Trinajstić information content (AvgIpc) is 3.17. The number of nitrogens with zero attached hydrogens (tertiary/aromatic N) is 2. The molecule has 2 amide bonds. The Morgan fingerprint density at radius 2 is 1.65 bits per heavy atom. The molecule has 0 bridgehead atoms. The number of amides is 2. The third-order valence-corrected chi connectivity index (χ3v) is 5.45. The number of ether oxygens (including phenoxy) is 1. The molecule has 0 aliphatic carbocycles. The summed E-state index contributed by atoms with van der Waals surface area (Å²) >= 11 is 0. The highest BCUT2D eigenvalue weighted by molar-refractivity contribution is 5.93. The molecular weight excluding hydrogens is 466 g/mol. The van der Waals surface area contributed by atoms with Crippen LogP contribution in [0.15, 0.2) is 54.9 Å². The second-order valence-electron chi connectivity index (χ2n) is 7.74. The Morgan fingerprint density at radius 1 is 1.00 bits per heavy atom. The lowest BCUT2D eigenvalue weighted by atomic mass is 10.0. The molecule has 11 heteroatoms. The zero-order chi connectivity index (χ0) is 24.7. The van der Waals surface area contributed by atoms with E-state index >= 15 is 0 Å². The van der Waals surface area contributed by atoms with Gasteiger partial charge in [-0.3, -0.25) is 9.78 Å². The van der Waals surface area contributed by atoms with Gasteiger partial charge in [-0.15, -0.1) is 0 Å². The number of carbonyl (C=O) groups excluding carboxylic acids is 2. The van der Waals surface area contributed by atoms with Gasteiger partial charge in [-0.25, -0.2) is 9.69 Å². The van der Waals surface area contributed by atoms with Crippen molar-refractivity contribution in [1.29, 1.82) is 0 Å². The smallest absolute Gasteiger partial charge is 0.417 e. The number of rotatable bonds is 4. The molecule has 0 N–H and O–H groups in total. The van der Waals surface area contributed by atoms with Crippen molar-refractivity contribution < 1.29 is 40.7 Å². The number of hydrogen-bond acceptors (Lipinski definition) is 4. The molecule has 1 atom stereocenters. The molecule has 0 radical (unpaired) electrons. The molecule has 1 aromatic heterocycles. The maximum atomic E-state index is 13.1. The van der Waals surface area contributed by atoms with Crippen molar-refractivity contribution in [1.82, 2.24) is 9.88 Å². The Bertz CT molecular complexity index is 1220. The third-order valence-electron chi connectivity index (χ3n) is 5.45. The molecule has 1 aliphatic heterocycles. The minimum Gasteiger partial charge on any atom is -0.439 e. The lowest BCUT2D eigenvalue weighted by molar-refractivity contribution is -0.143. The van der Waals surface area contributed by atoms with Crippen LogP contribution < -0.4 is 0 Å². The monoisotopic (exact) mass is 482 g/mol. The first-order valence-corrected chi connectivity index (χ1v) is 10.1. The van der Waals surface area contributed by atoms with Crippen molar-refractivity contribution in [3.63, 3.8) is 0 Å². The highest BCUT2D eigenvalue weighted by Gasteiger charge is 2.41. The van der Waals surface area contributed by atoms with E-state index in [4.69, 9.17) is 4.74 Å². The van der Waals surface area contributed by atoms with Crippen LogP contribution in [0.25, 0.3) is 10.8 Å². The molecule has 34 heavy (non-hydrogen) atoms. The molecule has 1 aliphatic rings. The summed E-state index contributed by atoms with van der Waals surface area (Å²) in [7, 11) is 0. The molecule has 178 valence electrons. The average molecular weight is 482 g/mol. The van der Waals surface area contributed by atoms with E-state index < -0.39 is 53.7 Å². The molecule has 5 nitrogen and oxygen atoms in total. The maximum absolute atomic E-state index is 13.1. The first-order chi connectivity index (χ1) is 15.9. The van der Waals surface area contributed by atoms with Crippen LogP contribution in [0.4, 0.5) is 31.1 Å². The molecule has 0 spiro atoms. The van der Waals surface area contributed by atoms with E-state index in [0.29, 0.717) is 17.0 Å². The van der Waals surface area contributed by atoms with Crippen molar-refractivity contribution in [2.24, 2.45) is 0 Å². The van der Waals surface area contributed by atoms with Gasteiger partial charge in [0.1, 0.15) is 6.10 Å². The molecule has 2 heterocycles. The predicted octanol–water partition coefficient (Wildman–Crippen LogP) is 5.93. The SMILES string of the molecule is O=C(CCc1cncc2ccccc12)N1CC(c2cc(C(F)(F)F)cc(C(F)(F)F)c2)OC1=O. The van der Waals surface area contributed by atoms with Gasteiger partial charge in [-0.05, 0) is 41.1 Å². The molecular formula is C23H16F6N2O3. The number of cyclic esters (lactones) is 1. The first kappa shape index (κ1) is 23.5. The number of aryl methyl sites for hydroxylation is 1. The number of imide groups is 1. The predicted molar refractivity (Wildman–Crippen MR) is 107 cm³/mol. The Labute approximate surface area is 188 Å². The van der Waals surface area contributed by atoms with Gasteiger partial charge >= 0.3 is 18.4 Å². The fraction of sp³-hybridized carbons (Fsp3) is 0.261. The van der Waals surface area contributed by atoms with Crippen molar-refractivity contribution in [3.8, 4) is 0 Å². The van der Waals surface area contributed by atoms with Gasteiger partial charge in [0.2, 0.25) is 5.91 Å². The van der Waals surface area contributed by atoms with Crippen LogP contribution in [0.3, 0.4) is 0 Å². The van der Waals surface area contributed by atoms with Crippen LogP contribution in [-0.4, -0.2) is 28.4 Å². The topological polar surface area (TPSA) is 59.5 Å². The Kier molecular flexibility index (Phi) is 5.96. The zero-order valence-corrected chi connectivity index (χ0v) is 17.3. The summed E-state index contributed by atoms with van der Waals surface area (Å²) in [5, 5.41) is 1.73. The molecule has 4 rings (SSSR count). The third kappa shape index (κ3) is 4.82. The Morgan fingerprint density at radius 3 is 2.29 bits per heavy atom. The summed E-state index contributed by atoms with van der Waals surface area (Å²) in [4.78, 5) is 29.7. The van der Waals surface area contributed by atoms with E-state index in [-0.39, 0.29) is 18.9 Å². The van der Waals surface area contributed by atoms with Gasteiger partial charge in [-0.1, -0.05) is 24.3 Å². The second kappa shape index (κ2) is 8.62. The number of halogens is 6. The molecule has 2 aromatic carbocycles. The van der Waals surface area contributed by atoms with Crippen LogP contribution in [-0.2, 0) is 28.3 Å². The van der Waals surface area contributed by atoms with Crippen LogP contribution in [0.1, 0.15) is 34.8 Å². The van der Waals surface area contributed by atoms with Crippen LogP contribution in [0.2, 0.25) is 0 Å². The number of aromatic nitrogens is 1. The van der Waals surface area contributed by atoms with Gasteiger partial charge in [0.05, 0.1) is 17.7 Å². The van der Waals surface area contributed by atoms with Gasteiger partial charge in [0.15, 0.2) is 0 Å². The van der Waals surface area contributed by atoms with E-state index in [2.05, 4.69) is 4.98 Å². The van der Waals surface area contributed by atoms with Crippen LogP contribution in [0, 0.1) is 0 Å². The molecule has 1 fully saturated rings. The van der Waals surface area contributed by atoms with Gasteiger partial charge in [0, 0.05) is 24.2 Å². The molecule has 0 saturated carbocycles. The summed E-state index contributed by atoms with van der Waals surface area (Å²) in [6, 6.07) is 8.31. The van der Waals surface area contributed by atoms with Crippen LogP contribution in [0.5, 0.6) is 0 Å². The molecule has 3 aromatic rings. The van der Waals surface area contributed by atoms with E-state index in [9.17, 15) is 35.9 Å². The minimum atomic E-state index is -5.04. The highest BCUT2D eigenvalue weighted by atomic mass is 19.4. The summed E-state index contributed by atoms with van der Waals surface area (Å²) in [5.41, 5.74) is -2.80. The fourth-order valence-electron chi connectivity index (χ4n) is 3.76. The number of pyridine rings is 1. The van der Waals surface area contributed by atoms with Gasteiger partial charge in [-0.2, -0.15) is 26.3 Å². The number of fused-ring (bicyclic) bond motifs is 1. The van der Waals surface area contributed by atoms with Crippen molar-refractivity contribution >= 4 is 22.8 Å². The van der Waals surface area contributed by atoms with E-state index in [1.54, 1.807) is 12.4 Å². The van der Waals surface area contributed by atoms with Crippen LogP contribution >= 0.6 is 0 Å². The van der Waals surface area contributed by atoms with Crippen molar-refractivity contribution in [2.75, 3.05) is 6.54 Å². The fourth-order valence-corrected chi connectivity index (χ4v) is 3.76. The lowest BCUT2D eigenvalue weighted by Gasteiger charge is -2.16. The number of hydrogen-bond donors (Lipinski definition) is 0. The quantitative estimate of drug-likeness (QED) is 0.433.